The van der Waals surface area contributed by atoms with E-state index in [1.165, 1.54) is 6.33 Å². The molecule has 0 unspecified atom stereocenters. The minimum Gasteiger partial charge on any atom is -0.443 e. The number of H-pyrrole nitrogens is 1. The Morgan fingerprint density at radius 3 is 2.89 bits per heavy atom. The Morgan fingerprint density at radius 2 is 2.09 bits per heavy atom. The number of nitrogens with zero attached hydrogens (tertiary/aromatic N) is 6. The van der Waals surface area contributed by atoms with E-state index in [-0.39, 0.29) is 5.54 Å². The lowest BCUT2D eigenvalue weighted by Crippen LogP contribution is -2.38. The summed E-state index contributed by atoms with van der Waals surface area (Å²) in [5, 5.41) is 13.2. The van der Waals surface area contributed by atoms with Crippen molar-refractivity contribution >= 4 is 23.5 Å². The third kappa shape index (κ3) is 4.27. The fraction of sp³-hybridized carbons (Fsp3) is 0.391. The van der Waals surface area contributed by atoms with Gasteiger partial charge in [0.05, 0.1) is 5.69 Å². The Balaban J connectivity index is 1.18. The molecule has 0 radical (unpaired) electrons. The lowest BCUT2D eigenvalue weighted by atomic mass is 10.0. The van der Waals surface area contributed by atoms with Gasteiger partial charge in [-0.2, -0.15) is 5.10 Å². The maximum Gasteiger partial charge on any atom is 0.407 e. The van der Waals surface area contributed by atoms with Crippen LogP contribution in [0.4, 0.5) is 21.0 Å². The SMILES string of the molecule is CC1(NC(=O)O[C@H]2CC[C@@H](c3cc(Nc4nc(-c5cncnc5)cc5nccn45)n[nH]3)[C@@H]2F)CC1. The van der Waals surface area contributed by atoms with Crippen molar-refractivity contribution in [1.29, 1.82) is 0 Å². The van der Waals surface area contributed by atoms with E-state index in [4.69, 9.17) is 4.74 Å². The van der Waals surface area contributed by atoms with Crippen molar-refractivity contribution in [2.45, 2.75) is 56.3 Å². The Labute approximate surface area is 199 Å². The number of alkyl halides is 1. The van der Waals surface area contributed by atoms with Crippen molar-refractivity contribution in [2.24, 2.45) is 0 Å². The van der Waals surface area contributed by atoms with Crippen molar-refractivity contribution in [3.8, 4) is 11.3 Å². The molecule has 3 atom stereocenters. The number of hydrogen-bond donors (Lipinski definition) is 3. The van der Waals surface area contributed by atoms with Crippen LogP contribution < -0.4 is 10.6 Å². The summed E-state index contributed by atoms with van der Waals surface area (Å²) < 4.78 is 22.4. The van der Waals surface area contributed by atoms with Gasteiger partial charge in [0.1, 0.15) is 24.3 Å². The Bertz CT molecular complexity index is 1370. The number of aromatic amines is 1. The van der Waals surface area contributed by atoms with Gasteiger partial charge < -0.3 is 15.4 Å². The highest BCUT2D eigenvalue weighted by molar-refractivity contribution is 5.69. The number of ether oxygens (including phenoxy) is 1. The van der Waals surface area contributed by atoms with Gasteiger partial charge in [-0.15, -0.1) is 0 Å². The average Bonchev–Trinajstić information content (AvgIpc) is 3.22. The van der Waals surface area contributed by atoms with Crippen LogP contribution in [0, 0.1) is 0 Å². The van der Waals surface area contributed by atoms with Crippen LogP contribution in [0.25, 0.3) is 16.9 Å². The molecule has 12 heteroatoms. The molecule has 11 nitrogen and oxygen atoms in total. The molecule has 0 spiro atoms. The van der Waals surface area contributed by atoms with Crippen molar-refractivity contribution in [3.05, 3.63) is 48.9 Å². The number of carbonyl (C=O) groups excluding carboxylic acids is 1. The molecule has 6 rings (SSSR count). The summed E-state index contributed by atoms with van der Waals surface area (Å²) in [5.74, 6) is 0.535. The number of aromatic nitrogens is 7. The number of anilines is 2. The van der Waals surface area contributed by atoms with E-state index >= 15 is 4.39 Å². The average molecular weight is 478 g/mol. The Kier molecular flexibility index (Phi) is 5.08. The summed E-state index contributed by atoms with van der Waals surface area (Å²) in [5.41, 5.74) is 2.52. The lowest BCUT2D eigenvalue weighted by molar-refractivity contribution is 0.0546. The number of fused-ring (bicyclic) bond motifs is 1. The fourth-order valence-electron chi connectivity index (χ4n) is 4.39. The number of halogens is 1. The van der Waals surface area contributed by atoms with E-state index < -0.39 is 24.3 Å². The molecule has 0 aromatic carbocycles. The second-order valence-electron chi connectivity index (χ2n) is 9.34. The van der Waals surface area contributed by atoms with Crippen LogP contribution in [0.1, 0.15) is 44.2 Å². The molecule has 2 aliphatic rings. The largest absolute Gasteiger partial charge is 0.443 e. The minimum atomic E-state index is -1.32. The predicted octanol–water partition coefficient (Wildman–Crippen LogP) is 3.52. The highest BCUT2D eigenvalue weighted by Crippen LogP contribution is 2.39. The normalized spacial score (nSPS) is 22.7. The molecule has 1 amide bonds. The van der Waals surface area contributed by atoms with E-state index in [9.17, 15) is 4.79 Å². The van der Waals surface area contributed by atoms with Gasteiger partial charge in [-0.1, -0.05) is 0 Å². The molecule has 0 bridgehead atoms. The van der Waals surface area contributed by atoms with Gasteiger partial charge in [-0.05, 0) is 32.6 Å². The third-order valence-electron chi connectivity index (χ3n) is 6.65. The van der Waals surface area contributed by atoms with Crippen molar-refractivity contribution in [3.63, 3.8) is 0 Å². The first kappa shape index (κ1) is 21.4. The number of carbonyl (C=O) groups is 1. The molecule has 2 aliphatic carbocycles. The van der Waals surface area contributed by atoms with E-state index in [0.29, 0.717) is 41.6 Å². The number of rotatable bonds is 6. The van der Waals surface area contributed by atoms with Crippen molar-refractivity contribution < 1.29 is 13.9 Å². The standard InChI is InChI=1S/C23H24FN9O2/c1-23(4-5-23)30-22(34)35-17-3-2-14(20(17)24)16-8-18(32-31-16)29-21-28-15(13-10-25-12-26-11-13)9-19-27-6-7-33(19)21/h6-12,14,17,20H,2-5H2,1H3,(H,30,34)(H2,28,29,31,32)/t14-,17-,20-/m0/s1. The molecule has 35 heavy (non-hydrogen) atoms. The predicted molar refractivity (Wildman–Crippen MR) is 124 cm³/mol. The maximum absolute atomic E-state index is 15.2. The second kappa shape index (κ2) is 8.29. The zero-order chi connectivity index (χ0) is 24.0. The molecule has 4 aromatic rings. The summed E-state index contributed by atoms with van der Waals surface area (Å²) in [6.45, 7) is 1.95. The second-order valence-corrected chi connectivity index (χ2v) is 9.34. The first-order valence-electron chi connectivity index (χ1n) is 11.5. The summed E-state index contributed by atoms with van der Waals surface area (Å²) in [4.78, 5) is 29.3. The zero-order valence-electron chi connectivity index (χ0n) is 19.0. The Morgan fingerprint density at radius 1 is 1.26 bits per heavy atom. The van der Waals surface area contributed by atoms with Gasteiger partial charge in [0.15, 0.2) is 5.82 Å². The molecular weight excluding hydrogens is 453 g/mol. The van der Waals surface area contributed by atoms with Gasteiger partial charge in [0, 0.05) is 59.6 Å². The maximum atomic E-state index is 15.2. The van der Waals surface area contributed by atoms with E-state index in [1.807, 2.05) is 13.0 Å². The quantitative estimate of drug-likeness (QED) is 0.384. The van der Waals surface area contributed by atoms with Gasteiger partial charge >= 0.3 is 6.09 Å². The van der Waals surface area contributed by atoms with Crippen molar-refractivity contribution in [2.75, 3.05) is 5.32 Å². The highest BCUT2D eigenvalue weighted by atomic mass is 19.1. The molecule has 4 aromatic heterocycles. The van der Waals surface area contributed by atoms with Crippen LogP contribution in [0.15, 0.2) is 43.2 Å². The number of amides is 1. The number of alkyl carbamates (subject to hydrolysis) is 1. The lowest BCUT2D eigenvalue weighted by Gasteiger charge is -2.19. The molecule has 2 saturated carbocycles. The van der Waals surface area contributed by atoms with Crippen LogP contribution in [-0.4, -0.2) is 58.4 Å². The minimum absolute atomic E-state index is 0.204. The van der Waals surface area contributed by atoms with Gasteiger partial charge in [0.25, 0.3) is 0 Å². The molecule has 2 fully saturated rings. The van der Waals surface area contributed by atoms with Gasteiger partial charge in [-0.3, -0.25) is 9.50 Å². The summed E-state index contributed by atoms with van der Waals surface area (Å²) in [7, 11) is 0. The Hall–Kier alpha value is -4.09. The summed E-state index contributed by atoms with van der Waals surface area (Å²) >= 11 is 0. The van der Waals surface area contributed by atoms with Crippen LogP contribution in [-0.2, 0) is 4.74 Å². The van der Waals surface area contributed by atoms with Crippen LogP contribution in [0.3, 0.4) is 0 Å². The van der Waals surface area contributed by atoms with Crippen LogP contribution in [0.5, 0.6) is 0 Å². The zero-order valence-corrected chi connectivity index (χ0v) is 19.0. The summed E-state index contributed by atoms with van der Waals surface area (Å²) in [6.07, 6.45) is 8.46. The van der Waals surface area contributed by atoms with Crippen LogP contribution >= 0.6 is 0 Å². The molecule has 0 saturated heterocycles. The summed E-state index contributed by atoms with van der Waals surface area (Å²) in [6, 6.07) is 3.60. The molecule has 0 aliphatic heterocycles. The number of nitrogens with one attached hydrogen (secondary N) is 3. The van der Waals surface area contributed by atoms with Crippen molar-refractivity contribution in [1.82, 2.24) is 39.9 Å². The molecule has 4 heterocycles. The number of imidazole rings is 1. The molecular formula is C23H24FN9O2. The van der Waals surface area contributed by atoms with E-state index in [1.54, 1.807) is 35.3 Å². The van der Waals surface area contributed by atoms with E-state index in [2.05, 4.69) is 40.8 Å². The van der Waals surface area contributed by atoms with E-state index in [0.717, 1.165) is 18.4 Å². The number of hydrogen-bond acceptors (Lipinski definition) is 8. The first-order valence-corrected chi connectivity index (χ1v) is 11.5. The highest BCUT2D eigenvalue weighted by Gasteiger charge is 2.43. The fourth-order valence-corrected chi connectivity index (χ4v) is 4.39. The third-order valence-corrected chi connectivity index (χ3v) is 6.65. The monoisotopic (exact) mass is 477 g/mol. The smallest absolute Gasteiger partial charge is 0.407 e. The topological polar surface area (TPSA) is 135 Å². The van der Waals surface area contributed by atoms with Gasteiger partial charge in [0.2, 0.25) is 5.95 Å². The first-order chi connectivity index (χ1) is 17.0. The molecule has 3 N–H and O–H groups in total. The van der Waals surface area contributed by atoms with Gasteiger partial charge in [-0.25, -0.2) is 29.1 Å². The molecule has 180 valence electrons. The van der Waals surface area contributed by atoms with Crippen LogP contribution in [0.2, 0.25) is 0 Å².